The van der Waals surface area contributed by atoms with Crippen molar-refractivity contribution in [3.63, 3.8) is 0 Å². The summed E-state index contributed by atoms with van der Waals surface area (Å²) in [6.07, 6.45) is 0.504. The Morgan fingerprint density at radius 3 is 2.21 bits per heavy atom. The first-order valence-electron chi connectivity index (χ1n) is 13.5. The third-order valence-electron chi connectivity index (χ3n) is 8.98. The Labute approximate surface area is 228 Å². The van der Waals surface area contributed by atoms with Gasteiger partial charge in [-0.1, -0.05) is 53.7 Å². The molecule has 210 valence electrons. The zero-order chi connectivity index (χ0) is 29.4. The lowest BCUT2D eigenvalue weighted by atomic mass is 9.44. The summed E-state index contributed by atoms with van der Waals surface area (Å²) in [5.74, 6) is -5.39. The Kier molecular flexibility index (Phi) is 6.74. The van der Waals surface area contributed by atoms with Crippen LogP contribution >= 0.6 is 0 Å². The van der Waals surface area contributed by atoms with Gasteiger partial charge in [0.25, 0.3) is 0 Å². The van der Waals surface area contributed by atoms with Crippen LogP contribution in [0.5, 0.6) is 5.75 Å². The highest BCUT2D eigenvalue weighted by Crippen LogP contribution is 2.65. The van der Waals surface area contributed by atoms with Crippen molar-refractivity contribution in [3.8, 4) is 5.75 Å². The molecule has 0 heterocycles. The summed E-state index contributed by atoms with van der Waals surface area (Å²) in [6.45, 7) is 11.9. The van der Waals surface area contributed by atoms with E-state index in [9.17, 15) is 39.6 Å². The fourth-order valence-corrected chi connectivity index (χ4v) is 7.65. The van der Waals surface area contributed by atoms with Crippen LogP contribution in [-0.2, 0) is 27.2 Å². The van der Waals surface area contributed by atoms with E-state index in [1.807, 2.05) is 13.8 Å². The first kappa shape index (κ1) is 28.7. The lowest BCUT2D eigenvalue weighted by molar-refractivity contribution is -0.171. The first-order valence-corrected chi connectivity index (χ1v) is 13.5. The molecule has 3 aliphatic carbocycles. The zero-order valence-electron chi connectivity index (χ0n) is 23.6. The largest absolute Gasteiger partial charge is 0.511 e. The van der Waals surface area contributed by atoms with Crippen LogP contribution in [0.25, 0.3) is 0 Å². The highest BCUT2D eigenvalue weighted by atomic mass is 16.3. The van der Waals surface area contributed by atoms with Crippen molar-refractivity contribution < 1.29 is 39.6 Å². The molecule has 4 atom stereocenters. The number of aliphatic hydroxyl groups excluding tert-OH is 2. The zero-order valence-corrected chi connectivity index (χ0v) is 23.6. The van der Waals surface area contributed by atoms with Crippen LogP contribution in [0.4, 0.5) is 0 Å². The van der Waals surface area contributed by atoms with Gasteiger partial charge in [0.05, 0.1) is 5.56 Å². The summed E-state index contributed by atoms with van der Waals surface area (Å²) < 4.78 is 0. The van der Waals surface area contributed by atoms with Gasteiger partial charge in [0, 0.05) is 40.7 Å². The summed E-state index contributed by atoms with van der Waals surface area (Å²) >= 11 is 0. The number of allylic oxidation sites excluding steroid dienone is 2. The maximum absolute atomic E-state index is 14.0. The standard InChI is InChI=1S/C31H38O8/c1-14(2)10-19(33)11-17-8-9-18-12-29(6)13-30(7)22(15(3)4)25(35)20(16(5)32)27(37)31(30,39)28(38)23(29)26(36)21(18)24(17)34/h8-9,14-15,22,34-35,38-39H,10-13H2,1-7H3/t22?,29-,30-,31+/m1/s1. The molecule has 1 aromatic carbocycles. The number of hydrogen-bond acceptors (Lipinski definition) is 8. The van der Waals surface area contributed by atoms with E-state index in [1.165, 1.54) is 0 Å². The fraction of sp³-hybridized carbons (Fsp3) is 0.548. The normalized spacial score (nSPS) is 30.5. The minimum absolute atomic E-state index is 0.0420. The van der Waals surface area contributed by atoms with E-state index in [4.69, 9.17) is 0 Å². The van der Waals surface area contributed by atoms with Crippen molar-refractivity contribution in [1.82, 2.24) is 0 Å². The SMILES string of the molecule is CC(=O)C1=C(O)C(C(C)C)[C@@]2(C)C[C@@]3(C)Cc4ccc(CC(=O)CC(C)C)c(O)c4C(=O)C3=C(O)[C@@]2(O)C1=O. The number of phenols is 1. The van der Waals surface area contributed by atoms with Crippen molar-refractivity contribution in [2.45, 2.75) is 79.8 Å². The molecular formula is C31H38O8. The van der Waals surface area contributed by atoms with Gasteiger partial charge >= 0.3 is 0 Å². The summed E-state index contributed by atoms with van der Waals surface area (Å²) in [7, 11) is 0. The molecule has 0 saturated heterocycles. The van der Waals surface area contributed by atoms with E-state index in [0.717, 1.165) is 6.92 Å². The first-order chi connectivity index (χ1) is 17.9. The molecule has 0 radical (unpaired) electrons. The number of Topliss-reactive ketones (excluding diaryl/α,β-unsaturated/α-hetero) is 4. The van der Waals surface area contributed by atoms with Gasteiger partial charge in [-0.25, -0.2) is 0 Å². The second-order valence-electron chi connectivity index (χ2n) is 12.9. The Hall–Kier alpha value is -3.26. The molecule has 4 N–H and O–H groups in total. The topological polar surface area (TPSA) is 149 Å². The smallest absolute Gasteiger partial charge is 0.209 e. The highest BCUT2D eigenvalue weighted by Gasteiger charge is 2.71. The van der Waals surface area contributed by atoms with Crippen molar-refractivity contribution in [2.75, 3.05) is 0 Å². The number of fused-ring (bicyclic) bond motifs is 3. The molecule has 39 heavy (non-hydrogen) atoms. The number of rotatable bonds is 6. The van der Waals surface area contributed by atoms with Crippen LogP contribution in [0.3, 0.4) is 0 Å². The fourth-order valence-electron chi connectivity index (χ4n) is 7.65. The average molecular weight is 539 g/mol. The molecular weight excluding hydrogens is 500 g/mol. The van der Waals surface area contributed by atoms with Gasteiger partial charge in [0.2, 0.25) is 5.78 Å². The monoisotopic (exact) mass is 538 g/mol. The molecule has 3 aliphatic rings. The third kappa shape index (κ3) is 3.90. The van der Waals surface area contributed by atoms with Crippen LogP contribution in [0.1, 0.15) is 82.8 Å². The molecule has 1 unspecified atom stereocenters. The molecule has 8 heteroatoms. The Bertz CT molecular complexity index is 1380. The summed E-state index contributed by atoms with van der Waals surface area (Å²) in [5.41, 5.74) is -5.18. The molecule has 8 nitrogen and oxygen atoms in total. The van der Waals surface area contributed by atoms with Crippen LogP contribution in [-0.4, -0.2) is 49.2 Å². The maximum Gasteiger partial charge on any atom is 0.209 e. The van der Waals surface area contributed by atoms with Crippen LogP contribution in [0, 0.1) is 28.6 Å². The van der Waals surface area contributed by atoms with Gasteiger partial charge in [0.1, 0.15) is 28.6 Å². The van der Waals surface area contributed by atoms with Gasteiger partial charge < -0.3 is 20.4 Å². The van der Waals surface area contributed by atoms with Gasteiger partial charge in [0.15, 0.2) is 17.2 Å². The van der Waals surface area contributed by atoms with Gasteiger partial charge in [-0.3, -0.25) is 19.2 Å². The summed E-state index contributed by atoms with van der Waals surface area (Å²) in [4.78, 5) is 52.6. The third-order valence-corrected chi connectivity index (χ3v) is 8.98. The Balaban J connectivity index is 1.94. The van der Waals surface area contributed by atoms with E-state index in [-0.39, 0.29) is 59.3 Å². The number of carbonyl (C=O) groups is 4. The molecule has 0 aliphatic heterocycles. The van der Waals surface area contributed by atoms with Crippen molar-refractivity contribution in [3.05, 3.63) is 51.5 Å². The number of hydrogen-bond donors (Lipinski definition) is 4. The lowest BCUT2D eigenvalue weighted by Crippen LogP contribution is -2.67. The van der Waals surface area contributed by atoms with Gasteiger partial charge in [-0.15, -0.1) is 0 Å². The highest BCUT2D eigenvalue weighted by molar-refractivity contribution is 6.25. The average Bonchev–Trinajstić information content (AvgIpc) is 2.77. The molecule has 0 aromatic heterocycles. The maximum atomic E-state index is 14.0. The van der Waals surface area contributed by atoms with Crippen molar-refractivity contribution in [2.24, 2.45) is 28.6 Å². The molecule has 0 bridgehead atoms. The quantitative estimate of drug-likeness (QED) is 0.387. The van der Waals surface area contributed by atoms with Crippen LogP contribution in [0.2, 0.25) is 0 Å². The molecule has 0 fully saturated rings. The molecule has 1 aromatic rings. The van der Waals surface area contributed by atoms with E-state index >= 15 is 0 Å². The predicted octanol–water partition coefficient (Wildman–Crippen LogP) is 4.50. The van der Waals surface area contributed by atoms with Crippen molar-refractivity contribution in [1.29, 1.82) is 0 Å². The lowest BCUT2D eigenvalue weighted by Gasteiger charge is -2.59. The number of benzene rings is 1. The van der Waals surface area contributed by atoms with Gasteiger partial charge in [-0.2, -0.15) is 0 Å². The minimum atomic E-state index is -2.64. The predicted molar refractivity (Wildman–Crippen MR) is 143 cm³/mol. The number of phenolic OH excluding ortho intramolecular Hbond substituents is 1. The second kappa shape index (κ2) is 9.15. The number of aliphatic hydroxyl groups is 3. The van der Waals surface area contributed by atoms with E-state index in [0.29, 0.717) is 12.0 Å². The Morgan fingerprint density at radius 1 is 1.05 bits per heavy atom. The van der Waals surface area contributed by atoms with Crippen LogP contribution < -0.4 is 0 Å². The number of aromatic hydroxyl groups is 1. The van der Waals surface area contributed by atoms with Crippen molar-refractivity contribution >= 4 is 23.1 Å². The van der Waals surface area contributed by atoms with Gasteiger partial charge in [-0.05, 0) is 37.2 Å². The summed E-state index contributed by atoms with van der Waals surface area (Å²) in [5, 5.41) is 46.0. The number of ketones is 4. The van der Waals surface area contributed by atoms with E-state index < -0.39 is 56.8 Å². The molecule has 0 spiro atoms. The molecule has 0 amide bonds. The Morgan fingerprint density at radius 2 is 1.67 bits per heavy atom. The molecule has 4 rings (SSSR count). The van der Waals surface area contributed by atoms with E-state index in [2.05, 4.69) is 0 Å². The number of carbonyl (C=O) groups excluding carboxylic acids is 4. The van der Waals surface area contributed by atoms with Crippen LogP contribution in [0.15, 0.2) is 34.8 Å². The summed E-state index contributed by atoms with van der Waals surface area (Å²) in [6, 6.07) is 3.33. The van der Waals surface area contributed by atoms with E-state index in [1.54, 1.807) is 39.8 Å². The second-order valence-corrected chi connectivity index (χ2v) is 12.9. The minimum Gasteiger partial charge on any atom is -0.511 e. The molecule has 0 saturated carbocycles.